The van der Waals surface area contributed by atoms with Crippen LogP contribution in [0, 0.1) is 0 Å². The van der Waals surface area contributed by atoms with E-state index in [9.17, 15) is 0 Å². The Morgan fingerprint density at radius 2 is 0.452 bits per heavy atom. The van der Waals surface area contributed by atoms with Crippen molar-refractivity contribution in [1.82, 2.24) is 9.97 Å². The smallest absolute Gasteiger partial charge is 0.160 e. The van der Waals surface area contributed by atoms with Crippen molar-refractivity contribution in [3.8, 4) is 33.9 Å². The number of nitrogens with zero attached hydrogens (tertiary/aromatic N) is 2. The predicted molar refractivity (Wildman–Crippen MR) is 255 cm³/mol. The average molecular weight is 793 g/mol. The van der Waals surface area contributed by atoms with Crippen molar-refractivity contribution in [2.75, 3.05) is 0 Å². The third-order valence-corrected chi connectivity index (χ3v) is 12.2. The maximum atomic E-state index is 5.34. The highest BCUT2D eigenvalue weighted by Gasteiger charge is 2.40. The first kappa shape index (κ1) is 38.3. The molecule has 0 unspecified atom stereocenters. The Morgan fingerprint density at radius 3 is 0.742 bits per heavy atom. The number of hydrogen-bond donors (Lipinski definition) is 0. The summed E-state index contributed by atoms with van der Waals surface area (Å²) in [5.74, 6) is 0.676. The highest BCUT2D eigenvalue weighted by atomic mass is 14.9. The fourth-order valence-electron chi connectivity index (χ4n) is 9.41. The lowest BCUT2D eigenvalue weighted by Gasteiger charge is -2.37. The van der Waals surface area contributed by atoms with Crippen LogP contribution in [0.1, 0.15) is 44.5 Å². The summed E-state index contributed by atoms with van der Waals surface area (Å²) in [5, 5.41) is 0. The fraction of sp³-hybridized carbons (Fsp3) is 0.0333. The number of aromatic nitrogens is 2. The van der Waals surface area contributed by atoms with Crippen molar-refractivity contribution in [1.29, 1.82) is 0 Å². The van der Waals surface area contributed by atoms with Gasteiger partial charge in [0.15, 0.2) is 5.82 Å². The Hall–Kier alpha value is -7.94. The third-order valence-electron chi connectivity index (χ3n) is 12.2. The van der Waals surface area contributed by atoms with Gasteiger partial charge in [-0.3, -0.25) is 0 Å². The first-order valence-corrected chi connectivity index (χ1v) is 21.2. The molecule has 0 N–H and O–H groups in total. The molecule has 2 heteroatoms. The van der Waals surface area contributed by atoms with E-state index in [0.29, 0.717) is 5.82 Å². The van der Waals surface area contributed by atoms with E-state index in [1.54, 1.807) is 0 Å². The van der Waals surface area contributed by atoms with Crippen molar-refractivity contribution in [3.63, 3.8) is 0 Å². The molecule has 0 aliphatic rings. The molecule has 0 aliphatic carbocycles. The van der Waals surface area contributed by atoms with Crippen LogP contribution in [0.15, 0.2) is 267 Å². The summed E-state index contributed by atoms with van der Waals surface area (Å²) in [4.78, 5) is 10.7. The lowest BCUT2D eigenvalue weighted by atomic mass is 9.65. The minimum Gasteiger partial charge on any atom is -0.228 e. The van der Waals surface area contributed by atoms with Crippen molar-refractivity contribution < 1.29 is 0 Å². The molecule has 294 valence electrons. The van der Waals surface area contributed by atoms with Crippen LogP contribution in [0.25, 0.3) is 33.9 Å². The van der Waals surface area contributed by atoms with Gasteiger partial charge in [-0.15, -0.1) is 0 Å². The topological polar surface area (TPSA) is 25.8 Å². The second-order valence-electron chi connectivity index (χ2n) is 15.7. The SMILES string of the molecule is c1ccc(-c2nc(-c3cccc(C(c4ccccc4)(c4ccccc4)c4ccccc4)c3)cc(-c3cccc(C(c4ccccc4)(c4ccccc4)c4ccccc4)c3)n2)cc1. The summed E-state index contributed by atoms with van der Waals surface area (Å²) >= 11 is 0. The highest BCUT2D eigenvalue weighted by Crippen LogP contribution is 2.48. The first-order chi connectivity index (χ1) is 30.7. The largest absolute Gasteiger partial charge is 0.228 e. The molecule has 0 fully saturated rings. The molecule has 10 aromatic rings. The van der Waals surface area contributed by atoms with E-state index in [0.717, 1.165) is 39.2 Å². The van der Waals surface area contributed by atoms with Crippen LogP contribution in [0.4, 0.5) is 0 Å². The van der Waals surface area contributed by atoms with Gasteiger partial charge in [0.2, 0.25) is 0 Å². The Kier molecular flexibility index (Phi) is 10.5. The summed E-state index contributed by atoms with van der Waals surface area (Å²) in [6, 6.07) is 95.5. The van der Waals surface area contributed by atoms with Crippen LogP contribution in [0.5, 0.6) is 0 Å². The van der Waals surface area contributed by atoms with Gasteiger partial charge in [0.25, 0.3) is 0 Å². The van der Waals surface area contributed by atoms with Gasteiger partial charge in [-0.25, -0.2) is 9.97 Å². The van der Waals surface area contributed by atoms with E-state index in [2.05, 4.69) is 249 Å². The quantitative estimate of drug-likeness (QED) is 0.122. The minimum atomic E-state index is -0.595. The Bertz CT molecular complexity index is 2640. The second kappa shape index (κ2) is 17.0. The molecule has 1 aromatic heterocycles. The normalized spacial score (nSPS) is 11.5. The van der Waals surface area contributed by atoms with Crippen LogP contribution >= 0.6 is 0 Å². The third kappa shape index (κ3) is 6.92. The van der Waals surface area contributed by atoms with Gasteiger partial charge >= 0.3 is 0 Å². The van der Waals surface area contributed by atoms with E-state index in [1.165, 1.54) is 33.4 Å². The molecule has 0 radical (unpaired) electrons. The molecule has 1 heterocycles. The van der Waals surface area contributed by atoms with Crippen molar-refractivity contribution in [2.45, 2.75) is 10.8 Å². The summed E-state index contributed by atoms with van der Waals surface area (Å²) in [7, 11) is 0. The Morgan fingerprint density at radius 1 is 0.210 bits per heavy atom. The van der Waals surface area contributed by atoms with Gasteiger partial charge < -0.3 is 0 Å². The molecular formula is C60H44N2. The molecule has 2 nitrogen and oxygen atoms in total. The summed E-state index contributed by atoms with van der Waals surface area (Å²) in [6.07, 6.45) is 0. The van der Waals surface area contributed by atoms with E-state index in [1.807, 2.05) is 18.2 Å². The van der Waals surface area contributed by atoms with Crippen LogP contribution in [-0.2, 0) is 10.8 Å². The van der Waals surface area contributed by atoms with Crippen molar-refractivity contribution >= 4 is 0 Å². The maximum absolute atomic E-state index is 5.34. The molecule has 0 spiro atoms. The molecule has 9 aromatic carbocycles. The minimum absolute atomic E-state index is 0.595. The van der Waals surface area contributed by atoms with Crippen LogP contribution < -0.4 is 0 Å². The van der Waals surface area contributed by atoms with Gasteiger partial charge in [0, 0.05) is 16.7 Å². The van der Waals surface area contributed by atoms with Gasteiger partial charge in [-0.1, -0.05) is 249 Å². The lowest BCUT2D eigenvalue weighted by Crippen LogP contribution is -2.31. The van der Waals surface area contributed by atoms with Gasteiger partial charge in [-0.05, 0) is 62.7 Å². The Balaban J connectivity index is 1.20. The molecule has 0 atom stereocenters. The molecule has 0 saturated carbocycles. The molecule has 0 bridgehead atoms. The van der Waals surface area contributed by atoms with Crippen molar-refractivity contribution in [2.24, 2.45) is 0 Å². The molecule has 0 saturated heterocycles. The van der Waals surface area contributed by atoms with Crippen LogP contribution in [-0.4, -0.2) is 9.97 Å². The summed E-state index contributed by atoms with van der Waals surface area (Å²) in [6.45, 7) is 0. The summed E-state index contributed by atoms with van der Waals surface area (Å²) < 4.78 is 0. The van der Waals surface area contributed by atoms with Gasteiger partial charge in [0.1, 0.15) is 0 Å². The average Bonchev–Trinajstić information content (AvgIpc) is 3.37. The van der Waals surface area contributed by atoms with E-state index < -0.39 is 10.8 Å². The molecule has 62 heavy (non-hydrogen) atoms. The number of rotatable bonds is 11. The molecule has 10 rings (SSSR count). The van der Waals surface area contributed by atoms with Crippen LogP contribution in [0.3, 0.4) is 0 Å². The standard InChI is InChI=1S/C60H44N2/c1-8-24-45(25-9-1)58-61-56(46-26-22-40-54(42-46)59(48-28-10-2-11-29-48,49-30-12-3-13-31-49)50-32-14-4-15-33-50)44-57(62-58)47-27-23-41-55(43-47)60(51-34-16-5-17-35-51,52-36-18-6-19-37-52)53-38-20-7-21-39-53/h1-44H. The van der Waals surface area contributed by atoms with Gasteiger partial charge in [0.05, 0.1) is 22.2 Å². The maximum Gasteiger partial charge on any atom is 0.160 e. The highest BCUT2D eigenvalue weighted by molar-refractivity contribution is 5.75. The van der Waals surface area contributed by atoms with Crippen molar-refractivity contribution in [3.05, 3.63) is 311 Å². The van der Waals surface area contributed by atoms with E-state index >= 15 is 0 Å². The summed E-state index contributed by atoms with van der Waals surface area (Å²) in [5.41, 5.74) is 13.0. The zero-order valence-corrected chi connectivity index (χ0v) is 34.3. The second-order valence-corrected chi connectivity index (χ2v) is 15.7. The van der Waals surface area contributed by atoms with Gasteiger partial charge in [-0.2, -0.15) is 0 Å². The molecule has 0 amide bonds. The Labute approximate surface area is 364 Å². The predicted octanol–water partition coefficient (Wildman–Crippen LogP) is 14.2. The fourth-order valence-corrected chi connectivity index (χ4v) is 9.41. The van der Waals surface area contributed by atoms with E-state index in [-0.39, 0.29) is 0 Å². The van der Waals surface area contributed by atoms with Crippen LogP contribution in [0.2, 0.25) is 0 Å². The molecule has 0 aliphatic heterocycles. The lowest BCUT2D eigenvalue weighted by molar-refractivity contribution is 0.745. The number of benzene rings is 9. The van der Waals surface area contributed by atoms with E-state index in [4.69, 9.17) is 9.97 Å². The first-order valence-electron chi connectivity index (χ1n) is 21.2. The number of hydrogen-bond acceptors (Lipinski definition) is 2. The monoisotopic (exact) mass is 792 g/mol. The zero-order chi connectivity index (χ0) is 41.6. The molecular weight excluding hydrogens is 749 g/mol. The zero-order valence-electron chi connectivity index (χ0n) is 34.3.